The Balaban J connectivity index is 3.45. The van der Waals surface area contributed by atoms with Crippen LogP contribution >= 0.6 is 23.2 Å². The number of carboxylic acid groups (broad SMARTS) is 1. The van der Waals surface area contributed by atoms with Crippen molar-refractivity contribution in [3.63, 3.8) is 0 Å². The SMILES string of the molecule is CCCC[S@@](=O)c1c(C(F)(Cl)Cl)ccc(C(=O)O)c1C. The van der Waals surface area contributed by atoms with E-state index in [0.29, 0.717) is 12.2 Å². The Bertz CT molecular complexity index is 541. The molecule has 1 rings (SSSR count). The highest BCUT2D eigenvalue weighted by Gasteiger charge is 2.32. The van der Waals surface area contributed by atoms with Gasteiger partial charge in [0.2, 0.25) is 0 Å². The fraction of sp³-hybridized carbons (Fsp3) is 0.462. The van der Waals surface area contributed by atoms with Gasteiger partial charge in [-0.05, 0) is 25.0 Å². The van der Waals surface area contributed by atoms with Crippen molar-refractivity contribution in [3.8, 4) is 0 Å². The van der Waals surface area contributed by atoms with Crippen molar-refractivity contribution >= 4 is 40.0 Å². The van der Waals surface area contributed by atoms with E-state index in [9.17, 15) is 13.4 Å². The molecule has 0 bridgehead atoms. The van der Waals surface area contributed by atoms with E-state index in [1.807, 2.05) is 6.92 Å². The zero-order chi connectivity index (χ0) is 15.5. The van der Waals surface area contributed by atoms with Crippen molar-refractivity contribution in [1.29, 1.82) is 0 Å². The highest BCUT2D eigenvalue weighted by molar-refractivity contribution is 7.85. The Hall–Kier alpha value is -0.650. The van der Waals surface area contributed by atoms with Crippen molar-refractivity contribution < 1.29 is 18.5 Å². The van der Waals surface area contributed by atoms with Gasteiger partial charge in [-0.3, -0.25) is 4.21 Å². The summed E-state index contributed by atoms with van der Waals surface area (Å²) in [5, 5.41) is 9.08. The van der Waals surface area contributed by atoms with Gasteiger partial charge >= 0.3 is 5.97 Å². The van der Waals surface area contributed by atoms with E-state index in [2.05, 4.69) is 0 Å². The molecule has 0 heterocycles. The first-order valence-corrected chi connectivity index (χ1v) is 8.10. The predicted octanol–water partition coefficient (Wildman–Crippen LogP) is 4.16. The minimum Gasteiger partial charge on any atom is -0.478 e. The van der Waals surface area contributed by atoms with Crippen molar-refractivity contribution in [3.05, 3.63) is 28.8 Å². The van der Waals surface area contributed by atoms with E-state index < -0.39 is 21.4 Å². The number of alkyl halides is 3. The van der Waals surface area contributed by atoms with Crippen molar-refractivity contribution in [2.75, 3.05) is 5.75 Å². The lowest BCUT2D eigenvalue weighted by molar-refractivity contribution is 0.0695. The Morgan fingerprint density at radius 1 is 1.45 bits per heavy atom. The van der Waals surface area contributed by atoms with Gasteiger partial charge in [-0.2, -0.15) is 0 Å². The molecule has 0 saturated heterocycles. The van der Waals surface area contributed by atoms with Crippen LogP contribution in [-0.4, -0.2) is 21.0 Å². The number of unbranched alkanes of at least 4 members (excludes halogenated alkanes) is 1. The minimum atomic E-state index is -2.71. The third kappa shape index (κ3) is 3.93. The van der Waals surface area contributed by atoms with Gasteiger partial charge in [-0.15, -0.1) is 0 Å². The summed E-state index contributed by atoms with van der Waals surface area (Å²) in [5.74, 6) is -0.867. The number of carboxylic acids is 1. The lowest BCUT2D eigenvalue weighted by Crippen LogP contribution is -2.14. The van der Waals surface area contributed by atoms with Gasteiger partial charge in [0.1, 0.15) is 0 Å². The van der Waals surface area contributed by atoms with Crippen LogP contribution in [0.25, 0.3) is 0 Å². The first-order chi connectivity index (χ1) is 9.20. The number of carbonyl (C=O) groups is 1. The number of halogens is 3. The Labute approximate surface area is 129 Å². The van der Waals surface area contributed by atoms with E-state index in [-0.39, 0.29) is 21.6 Å². The van der Waals surface area contributed by atoms with E-state index >= 15 is 0 Å². The molecule has 1 atom stereocenters. The molecule has 112 valence electrons. The highest BCUT2D eigenvalue weighted by atomic mass is 35.5. The Morgan fingerprint density at radius 3 is 2.50 bits per heavy atom. The quantitative estimate of drug-likeness (QED) is 0.791. The molecule has 0 radical (unpaired) electrons. The monoisotopic (exact) mass is 340 g/mol. The van der Waals surface area contributed by atoms with Crippen LogP contribution in [0.3, 0.4) is 0 Å². The maximum atomic E-state index is 13.8. The van der Waals surface area contributed by atoms with Crippen LogP contribution in [0.15, 0.2) is 17.0 Å². The first kappa shape index (κ1) is 17.4. The van der Waals surface area contributed by atoms with Gasteiger partial charge in [0.15, 0.2) is 0 Å². The minimum absolute atomic E-state index is 0.0359. The molecule has 0 fully saturated rings. The maximum Gasteiger partial charge on any atom is 0.335 e. The van der Waals surface area contributed by atoms with Crippen molar-refractivity contribution in [2.24, 2.45) is 0 Å². The summed E-state index contributed by atoms with van der Waals surface area (Å²) < 4.78 is 23.4. The fourth-order valence-corrected chi connectivity index (χ4v) is 3.90. The lowest BCUT2D eigenvalue weighted by atomic mass is 10.1. The lowest BCUT2D eigenvalue weighted by Gasteiger charge is -2.18. The van der Waals surface area contributed by atoms with Gasteiger partial charge in [0, 0.05) is 11.3 Å². The summed E-state index contributed by atoms with van der Waals surface area (Å²) in [6.07, 6.45) is 1.49. The Morgan fingerprint density at radius 2 is 2.05 bits per heavy atom. The molecule has 0 unspecified atom stereocenters. The van der Waals surface area contributed by atoms with E-state index in [1.54, 1.807) is 0 Å². The maximum absolute atomic E-state index is 13.8. The fourth-order valence-electron chi connectivity index (χ4n) is 1.82. The van der Waals surface area contributed by atoms with E-state index in [4.69, 9.17) is 28.3 Å². The van der Waals surface area contributed by atoms with E-state index in [0.717, 1.165) is 6.42 Å². The van der Waals surface area contributed by atoms with Crippen molar-refractivity contribution in [2.45, 2.75) is 36.2 Å². The summed E-state index contributed by atoms with van der Waals surface area (Å²) in [5.41, 5.74) is 0.0386. The third-order valence-corrected chi connectivity index (χ3v) is 4.90. The van der Waals surface area contributed by atoms with E-state index in [1.165, 1.54) is 19.1 Å². The van der Waals surface area contributed by atoms with Crippen LogP contribution in [0.1, 0.15) is 41.3 Å². The molecule has 0 spiro atoms. The van der Waals surface area contributed by atoms with Crippen LogP contribution in [-0.2, 0) is 15.4 Å². The number of benzene rings is 1. The van der Waals surface area contributed by atoms with Gasteiger partial charge in [0.05, 0.1) is 21.3 Å². The second kappa shape index (κ2) is 6.87. The molecule has 20 heavy (non-hydrogen) atoms. The molecule has 3 nitrogen and oxygen atoms in total. The number of rotatable bonds is 6. The normalized spacial score (nSPS) is 13.2. The summed E-state index contributed by atoms with van der Waals surface area (Å²) in [7, 11) is -1.55. The molecule has 7 heteroatoms. The second-order valence-electron chi connectivity index (χ2n) is 4.32. The summed E-state index contributed by atoms with van der Waals surface area (Å²) >= 11 is 10.9. The van der Waals surface area contributed by atoms with Crippen LogP contribution in [0.5, 0.6) is 0 Å². The summed E-state index contributed by atoms with van der Waals surface area (Å²) in [6.45, 7) is 3.41. The number of hydrogen-bond acceptors (Lipinski definition) is 2. The molecular formula is C13H15Cl2FO3S. The summed E-state index contributed by atoms with van der Waals surface area (Å²) in [4.78, 5) is 11.2. The molecule has 1 aromatic rings. The number of aromatic carboxylic acids is 1. The predicted molar refractivity (Wildman–Crippen MR) is 78.8 cm³/mol. The van der Waals surface area contributed by atoms with Crippen LogP contribution in [0.2, 0.25) is 0 Å². The Kier molecular flexibility index (Phi) is 5.98. The van der Waals surface area contributed by atoms with Gasteiger partial charge in [0.25, 0.3) is 4.59 Å². The molecule has 1 aromatic carbocycles. The van der Waals surface area contributed by atoms with Gasteiger partial charge in [-0.1, -0.05) is 42.6 Å². The average molecular weight is 341 g/mol. The average Bonchev–Trinajstić information content (AvgIpc) is 2.33. The summed E-state index contributed by atoms with van der Waals surface area (Å²) in [6, 6.07) is 2.39. The standard InChI is InChI=1S/C13H15Cl2FO3S/c1-3-4-7-20(19)11-8(2)9(12(17)18)5-6-10(11)13(14,15)16/h5-6H,3-4,7H2,1-2H3,(H,17,18)/t20-/m1/s1. The third-order valence-electron chi connectivity index (χ3n) is 2.85. The largest absolute Gasteiger partial charge is 0.478 e. The molecule has 0 aliphatic carbocycles. The zero-order valence-electron chi connectivity index (χ0n) is 11.1. The van der Waals surface area contributed by atoms with Crippen LogP contribution in [0.4, 0.5) is 4.39 Å². The van der Waals surface area contributed by atoms with Crippen LogP contribution < -0.4 is 0 Å². The second-order valence-corrected chi connectivity index (χ2v) is 7.06. The molecule has 1 N–H and O–H groups in total. The molecule has 0 amide bonds. The first-order valence-electron chi connectivity index (χ1n) is 6.02. The zero-order valence-corrected chi connectivity index (χ0v) is 13.4. The van der Waals surface area contributed by atoms with Crippen molar-refractivity contribution in [1.82, 2.24) is 0 Å². The molecular weight excluding hydrogens is 326 g/mol. The van der Waals surface area contributed by atoms with Gasteiger partial charge in [-0.25, -0.2) is 9.18 Å². The smallest absolute Gasteiger partial charge is 0.335 e. The molecule has 0 aromatic heterocycles. The molecule has 0 aliphatic heterocycles. The van der Waals surface area contributed by atoms with Gasteiger partial charge < -0.3 is 5.11 Å². The molecule has 0 saturated carbocycles. The van der Waals surface area contributed by atoms with Crippen LogP contribution in [0, 0.1) is 6.92 Å². The highest BCUT2D eigenvalue weighted by Crippen LogP contribution is 2.40. The topological polar surface area (TPSA) is 54.4 Å². The molecule has 0 aliphatic rings. The number of hydrogen-bond donors (Lipinski definition) is 1.